The largest absolute Gasteiger partial charge is 0.480 e. The molecule has 3 amide bonds. The smallest absolute Gasteiger partial charge is 0.326 e. The molecule has 1 aromatic rings. The van der Waals surface area contributed by atoms with Crippen molar-refractivity contribution in [1.82, 2.24) is 25.5 Å². The van der Waals surface area contributed by atoms with E-state index in [1.54, 1.807) is 27.7 Å². The standard InChI is InChI=1S/C24H35N5O5/c1-12(2)18(27-21(30)17-10-25-8-9-26-17)22(31)28-19(13(3)4)23(32)29-11-16-14(5)6-7-15(16)20(29)24(33)34/h8-10,12-16,18-20H,6-7,11H2,1-5H3,(H,27,30)(H,28,31)(H,33,34)/t14-,15+,16-,18-,19+,20+/m1/s1. The molecule has 0 bridgehead atoms. The van der Waals surface area contributed by atoms with E-state index < -0.39 is 35.9 Å². The molecule has 34 heavy (non-hydrogen) atoms. The minimum atomic E-state index is -1.000. The minimum Gasteiger partial charge on any atom is -0.480 e. The molecule has 1 aliphatic carbocycles. The number of hydrogen-bond donors (Lipinski definition) is 3. The van der Waals surface area contributed by atoms with Gasteiger partial charge in [0.1, 0.15) is 23.8 Å². The molecule has 186 valence electrons. The van der Waals surface area contributed by atoms with Crippen molar-refractivity contribution in [3.63, 3.8) is 0 Å². The van der Waals surface area contributed by atoms with Crippen molar-refractivity contribution in [2.24, 2.45) is 29.6 Å². The number of likely N-dealkylation sites (tertiary alicyclic amines) is 1. The van der Waals surface area contributed by atoms with Crippen LogP contribution in [0.5, 0.6) is 0 Å². The van der Waals surface area contributed by atoms with E-state index in [2.05, 4.69) is 27.5 Å². The highest BCUT2D eigenvalue weighted by Crippen LogP contribution is 2.46. The Labute approximate surface area is 199 Å². The minimum absolute atomic E-state index is 0.0605. The maximum atomic E-state index is 13.6. The molecule has 1 aromatic heterocycles. The Balaban J connectivity index is 1.76. The van der Waals surface area contributed by atoms with E-state index >= 15 is 0 Å². The summed E-state index contributed by atoms with van der Waals surface area (Å²) in [6.07, 6.45) is 5.89. The molecule has 10 nitrogen and oxygen atoms in total. The van der Waals surface area contributed by atoms with Crippen LogP contribution >= 0.6 is 0 Å². The first kappa shape index (κ1) is 25.6. The first-order valence-electron chi connectivity index (χ1n) is 11.9. The van der Waals surface area contributed by atoms with Crippen molar-refractivity contribution in [2.75, 3.05) is 6.54 Å². The summed E-state index contributed by atoms with van der Waals surface area (Å²) in [6.45, 7) is 9.68. The number of carboxylic acids is 1. The van der Waals surface area contributed by atoms with Gasteiger partial charge in [-0.25, -0.2) is 9.78 Å². The number of aliphatic carboxylic acids is 1. The molecule has 0 unspecified atom stereocenters. The third-order valence-corrected chi connectivity index (χ3v) is 7.18. The molecule has 1 aliphatic heterocycles. The van der Waals surface area contributed by atoms with Gasteiger partial charge in [0.2, 0.25) is 11.8 Å². The van der Waals surface area contributed by atoms with Crippen LogP contribution in [-0.4, -0.2) is 68.3 Å². The zero-order chi connectivity index (χ0) is 25.2. The van der Waals surface area contributed by atoms with Gasteiger partial charge in [0.05, 0.1) is 6.20 Å². The zero-order valence-corrected chi connectivity index (χ0v) is 20.4. The zero-order valence-electron chi connectivity index (χ0n) is 20.4. The van der Waals surface area contributed by atoms with Crippen molar-refractivity contribution >= 4 is 23.7 Å². The van der Waals surface area contributed by atoms with Crippen LogP contribution in [0.4, 0.5) is 0 Å². The van der Waals surface area contributed by atoms with Crippen LogP contribution in [0.3, 0.4) is 0 Å². The van der Waals surface area contributed by atoms with E-state index in [4.69, 9.17) is 0 Å². The van der Waals surface area contributed by atoms with Crippen LogP contribution in [0.1, 0.15) is 57.9 Å². The van der Waals surface area contributed by atoms with Gasteiger partial charge < -0.3 is 20.6 Å². The van der Waals surface area contributed by atoms with Gasteiger partial charge in [0.25, 0.3) is 5.91 Å². The second-order valence-electron chi connectivity index (χ2n) is 10.2. The lowest BCUT2D eigenvalue weighted by Gasteiger charge is -2.32. The van der Waals surface area contributed by atoms with Gasteiger partial charge in [-0.2, -0.15) is 0 Å². The summed E-state index contributed by atoms with van der Waals surface area (Å²) < 4.78 is 0. The van der Waals surface area contributed by atoms with Crippen LogP contribution in [0.25, 0.3) is 0 Å². The number of hydrogen-bond acceptors (Lipinski definition) is 6. The normalized spacial score (nSPS) is 25.7. The molecule has 2 heterocycles. The summed E-state index contributed by atoms with van der Waals surface area (Å²) in [4.78, 5) is 60.7. The Morgan fingerprint density at radius 3 is 2.24 bits per heavy atom. The third kappa shape index (κ3) is 5.20. The number of carboxylic acid groups (broad SMARTS) is 1. The van der Waals surface area contributed by atoms with E-state index in [1.807, 2.05) is 0 Å². The summed E-state index contributed by atoms with van der Waals surface area (Å²) in [5, 5.41) is 15.4. The number of carbonyl (C=O) groups excluding carboxylic acids is 3. The quantitative estimate of drug-likeness (QED) is 0.517. The lowest BCUT2D eigenvalue weighted by molar-refractivity contribution is -0.151. The molecular formula is C24H35N5O5. The monoisotopic (exact) mass is 473 g/mol. The molecular weight excluding hydrogens is 438 g/mol. The topological polar surface area (TPSA) is 142 Å². The molecule has 3 N–H and O–H groups in total. The van der Waals surface area contributed by atoms with E-state index in [9.17, 15) is 24.3 Å². The number of nitrogens with zero attached hydrogens (tertiary/aromatic N) is 3. The van der Waals surface area contributed by atoms with Crippen LogP contribution in [0.2, 0.25) is 0 Å². The summed E-state index contributed by atoms with van der Waals surface area (Å²) in [5.41, 5.74) is 0.0828. The Bertz CT molecular complexity index is 922. The molecule has 6 atom stereocenters. The van der Waals surface area contributed by atoms with Crippen molar-refractivity contribution < 1.29 is 24.3 Å². The average Bonchev–Trinajstić information content (AvgIpc) is 3.34. The predicted octanol–water partition coefficient (Wildman–Crippen LogP) is 1.33. The molecule has 1 saturated carbocycles. The first-order chi connectivity index (χ1) is 16.0. The molecule has 1 saturated heterocycles. The van der Waals surface area contributed by atoms with Gasteiger partial charge in [0.15, 0.2) is 0 Å². The SMILES string of the molecule is CC(C)[C@H](NC(=O)[C@H](NC(=O)c1cnccn1)C(C)C)C(=O)N1C[C@H]2[C@H](CC[C@H]2C)[C@H]1C(=O)O. The number of fused-ring (bicyclic) bond motifs is 1. The second-order valence-corrected chi connectivity index (χ2v) is 10.2. The summed E-state index contributed by atoms with van der Waals surface area (Å²) in [7, 11) is 0. The lowest BCUT2D eigenvalue weighted by atomic mass is 9.90. The number of amides is 3. The Hall–Kier alpha value is -3.04. The maximum absolute atomic E-state index is 13.6. The van der Waals surface area contributed by atoms with E-state index in [0.29, 0.717) is 12.5 Å². The van der Waals surface area contributed by atoms with Gasteiger partial charge in [-0.05, 0) is 36.0 Å². The fraction of sp³-hybridized carbons (Fsp3) is 0.667. The third-order valence-electron chi connectivity index (χ3n) is 7.18. The van der Waals surface area contributed by atoms with Crippen molar-refractivity contribution in [1.29, 1.82) is 0 Å². The van der Waals surface area contributed by atoms with E-state index in [0.717, 1.165) is 12.8 Å². The fourth-order valence-corrected chi connectivity index (χ4v) is 5.23. The van der Waals surface area contributed by atoms with Gasteiger partial charge in [0, 0.05) is 18.9 Å². The number of aromatic nitrogens is 2. The van der Waals surface area contributed by atoms with Crippen LogP contribution < -0.4 is 10.6 Å². The number of rotatable bonds is 8. The maximum Gasteiger partial charge on any atom is 0.326 e. The highest BCUT2D eigenvalue weighted by Gasteiger charge is 2.53. The Morgan fingerprint density at radius 1 is 1.00 bits per heavy atom. The Morgan fingerprint density at radius 2 is 1.68 bits per heavy atom. The molecule has 2 fully saturated rings. The predicted molar refractivity (Wildman–Crippen MR) is 123 cm³/mol. The van der Waals surface area contributed by atoms with Gasteiger partial charge in [-0.1, -0.05) is 41.0 Å². The van der Waals surface area contributed by atoms with Crippen molar-refractivity contribution in [3.8, 4) is 0 Å². The number of carbonyl (C=O) groups is 4. The van der Waals surface area contributed by atoms with Crippen LogP contribution in [-0.2, 0) is 14.4 Å². The summed E-state index contributed by atoms with van der Waals surface area (Å²) >= 11 is 0. The molecule has 0 spiro atoms. The van der Waals surface area contributed by atoms with Gasteiger partial charge >= 0.3 is 5.97 Å². The van der Waals surface area contributed by atoms with Crippen LogP contribution in [0, 0.1) is 29.6 Å². The summed E-state index contributed by atoms with van der Waals surface area (Å²) in [6, 6.07) is -2.69. The fourth-order valence-electron chi connectivity index (χ4n) is 5.23. The van der Waals surface area contributed by atoms with E-state index in [1.165, 1.54) is 23.5 Å². The lowest BCUT2D eigenvalue weighted by Crippen LogP contribution is -2.58. The molecule has 0 radical (unpaired) electrons. The van der Waals surface area contributed by atoms with E-state index in [-0.39, 0.29) is 35.3 Å². The highest BCUT2D eigenvalue weighted by molar-refractivity contribution is 5.97. The molecule has 2 aliphatic rings. The molecule has 10 heteroatoms. The molecule has 0 aromatic carbocycles. The second kappa shape index (κ2) is 10.5. The summed E-state index contributed by atoms with van der Waals surface area (Å²) in [5.74, 6) is -2.51. The average molecular weight is 474 g/mol. The first-order valence-corrected chi connectivity index (χ1v) is 11.9. The van der Waals surface area contributed by atoms with Crippen LogP contribution in [0.15, 0.2) is 18.6 Å². The van der Waals surface area contributed by atoms with Gasteiger partial charge in [-0.3, -0.25) is 19.4 Å². The van der Waals surface area contributed by atoms with Crippen molar-refractivity contribution in [3.05, 3.63) is 24.3 Å². The highest BCUT2D eigenvalue weighted by atomic mass is 16.4. The van der Waals surface area contributed by atoms with Gasteiger partial charge in [-0.15, -0.1) is 0 Å². The molecule has 3 rings (SSSR count). The van der Waals surface area contributed by atoms with Crippen molar-refractivity contribution in [2.45, 2.75) is 65.6 Å². The Kier molecular flexibility index (Phi) is 7.89. The number of nitrogens with one attached hydrogen (secondary N) is 2.